The minimum absolute atomic E-state index is 0. The second kappa shape index (κ2) is 6.20. The molecule has 2 N–H and O–H groups in total. The number of nitrogens with zero attached hydrogens (tertiary/aromatic N) is 1. The van der Waals surface area contributed by atoms with E-state index in [1.54, 1.807) is 30.5 Å². The maximum absolute atomic E-state index is 11.2. The lowest BCUT2D eigenvalue weighted by Crippen LogP contribution is -1.97. The fraction of sp³-hybridized carbons (Fsp3) is 0.143. The molecule has 0 atom stereocenters. The number of hydrogen-bond donors (Lipinski definition) is 1. The highest BCUT2D eigenvalue weighted by Gasteiger charge is 2.04. The van der Waals surface area contributed by atoms with Crippen molar-refractivity contribution >= 4 is 23.9 Å². The first-order chi connectivity index (χ1) is 8.56. The molecular formula is C14H15ClN2O2. The summed E-state index contributed by atoms with van der Waals surface area (Å²) < 4.78 is 5.66. The Hall–Kier alpha value is -2.07. The summed E-state index contributed by atoms with van der Waals surface area (Å²) in [6.07, 6.45) is 1.55. The van der Waals surface area contributed by atoms with Gasteiger partial charge in [-0.15, -0.1) is 12.4 Å². The number of Topliss-reactive ketones (excluding diaryl/α,β-unsaturated/α-hetero) is 1. The highest BCUT2D eigenvalue weighted by molar-refractivity contribution is 5.92. The quantitative estimate of drug-likeness (QED) is 0.690. The van der Waals surface area contributed by atoms with Gasteiger partial charge in [-0.25, -0.2) is 0 Å². The van der Waals surface area contributed by atoms with Gasteiger partial charge >= 0.3 is 0 Å². The summed E-state index contributed by atoms with van der Waals surface area (Å²) in [4.78, 5) is 15.2. The van der Waals surface area contributed by atoms with E-state index in [0.29, 0.717) is 17.2 Å². The van der Waals surface area contributed by atoms with Crippen LogP contribution in [0.2, 0.25) is 0 Å². The molecule has 0 saturated carbocycles. The molecule has 0 fully saturated rings. The van der Waals surface area contributed by atoms with Gasteiger partial charge in [0.1, 0.15) is 17.2 Å². The summed E-state index contributed by atoms with van der Waals surface area (Å²) in [5.41, 5.74) is 7.80. The third-order valence-electron chi connectivity index (χ3n) is 2.57. The third-order valence-corrected chi connectivity index (χ3v) is 2.57. The molecule has 0 aliphatic carbocycles. The number of ketones is 1. The van der Waals surface area contributed by atoms with Gasteiger partial charge in [0.05, 0.1) is 0 Å². The van der Waals surface area contributed by atoms with Gasteiger partial charge in [-0.05, 0) is 36.8 Å². The van der Waals surface area contributed by atoms with Crippen LogP contribution < -0.4 is 10.5 Å². The molecule has 1 aromatic heterocycles. The van der Waals surface area contributed by atoms with Crippen LogP contribution in [-0.2, 0) is 0 Å². The Balaban J connectivity index is 0.00000180. The molecule has 19 heavy (non-hydrogen) atoms. The van der Waals surface area contributed by atoms with E-state index in [0.717, 1.165) is 11.3 Å². The van der Waals surface area contributed by atoms with Crippen LogP contribution in [0.25, 0.3) is 0 Å². The fourth-order valence-electron chi connectivity index (χ4n) is 1.51. The number of aromatic nitrogens is 1. The summed E-state index contributed by atoms with van der Waals surface area (Å²) in [5.74, 6) is 1.18. The summed E-state index contributed by atoms with van der Waals surface area (Å²) >= 11 is 0. The maximum atomic E-state index is 11.2. The van der Waals surface area contributed by atoms with Gasteiger partial charge in [0.25, 0.3) is 0 Å². The van der Waals surface area contributed by atoms with Crippen molar-refractivity contribution in [2.75, 3.05) is 5.73 Å². The number of carbonyl (C=O) groups is 1. The largest absolute Gasteiger partial charge is 0.457 e. The Morgan fingerprint density at radius 3 is 2.53 bits per heavy atom. The van der Waals surface area contributed by atoms with Crippen LogP contribution in [0.3, 0.4) is 0 Å². The maximum Gasteiger partial charge on any atom is 0.178 e. The fourth-order valence-corrected chi connectivity index (χ4v) is 1.51. The number of halogens is 1. The molecule has 4 nitrogen and oxygen atoms in total. The second-order valence-corrected chi connectivity index (χ2v) is 4.05. The number of nitrogen functional groups attached to an aromatic ring is 1. The Morgan fingerprint density at radius 2 is 1.89 bits per heavy atom. The Morgan fingerprint density at radius 1 is 1.21 bits per heavy atom. The first-order valence-electron chi connectivity index (χ1n) is 5.57. The third kappa shape index (κ3) is 3.69. The topological polar surface area (TPSA) is 65.2 Å². The van der Waals surface area contributed by atoms with Gasteiger partial charge in [0.2, 0.25) is 0 Å². The zero-order valence-corrected chi connectivity index (χ0v) is 11.5. The number of anilines is 1. The van der Waals surface area contributed by atoms with Crippen molar-refractivity contribution in [3.63, 3.8) is 0 Å². The number of hydrogen-bond acceptors (Lipinski definition) is 4. The van der Waals surface area contributed by atoms with Crippen LogP contribution >= 0.6 is 12.4 Å². The van der Waals surface area contributed by atoms with Crippen LogP contribution in [-0.4, -0.2) is 10.8 Å². The first kappa shape index (κ1) is 15.0. The molecule has 0 amide bonds. The monoisotopic (exact) mass is 278 g/mol. The van der Waals surface area contributed by atoms with E-state index in [1.165, 1.54) is 6.92 Å². The van der Waals surface area contributed by atoms with E-state index in [1.807, 2.05) is 13.0 Å². The lowest BCUT2D eigenvalue weighted by Gasteiger charge is -2.08. The molecule has 1 heterocycles. The molecule has 0 radical (unpaired) electrons. The van der Waals surface area contributed by atoms with Gasteiger partial charge in [0, 0.05) is 24.9 Å². The molecule has 0 unspecified atom stereocenters. The summed E-state index contributed by atoms with van der Waals surface area (Å²) in [5, 5.41) is 0. The van der Waals surface area contributed by atoms with Crippen molar-refractivity contribution < 1.29 is 9.53 Å². The molecule has 5 heteroatoms. The average molecular weight is 279 g/mol. The number of aryl methyl sites for hydroxylation is 1. The van der Waals surface area contributed by atoms with Gasteiger partial charge in [0.15, 0.2) is 5.78 Å². The minimum atomic E-state index is -0.0889. The standard InChI is InChI=1S/C14H14N2O2.ClH/c1-9-7-11(3-4-13(9)15)18-12-5-6-16-14(8-12)10(2)17;/h3-8H,15H2,1-2H3;1H. The number of benzene rings is 1. The van der Waals surface area contributed by atoms with Crippen LogP contribution in [0.5, 0.6) is 11.5 Å². The lowest BCUT2D eigenvalue weighted by molar-refractivity contribution is 0.101. The minimum Gasteiger partial charge on any atom is -0.457 e. The number of rotatable bonds is 3. The van der Waals surface area contributed by atoms with Crippen molar-refractivity contribution in [3.8, 4) is 11.5 Å². The Kier molecular flexibility index (Phi) is 4.89. The second-order valence-electron chi connectivity index (χ2n) is 4.05. The summed E-state index contributed by atoms with van der Waals surface area (Å²) in [6, 6.07) is 8.75. The van der Waals surface area contributed by atoms with Crippen molar-refractivity contribution in [2.45, 2.75) is 13.8 Å². The van der Waals surface area contributed by atoms with E-state index < -0.39 is 0 Å². The van der Waals surface area contributed by atoms with E-state index >= 15 is 0 Å². The van der Waals surface area contributed by atoms with Crippen molar-refractivity contribution in [1.29, 1.82) is 0 Å². The lowest BCUT2D eigenvalue weighted by atomic mass is 10.2. The van der Waals surface area contributed by atoms with Crippen molar-refractivity contribution in [2.24, 2.45) is 0 Å². The Labute approximate surface area is 118 Å². The van der Waals surface area contributed by atoms with Crippen LogP contribution in [0, 0.1) is 6.92 Å². The van der Waals surface area contributed by atoms with E-state index in [-0.39, 0.29) is 18.2 Å². The van der Waals surface area contributed by atoms with E-state index in [9.17, 15) is 4.79 Å². The molecule has 1 aromatic carbocycles. The van der Waals surface area contributed by atoms with E-state index in [4.69, 9.17) is 10.5 Å². The van der Waals surface area contributed by atoms with Gasteiger partial charge in [-0.1, -0.05) is 0 Å². The predicted octanol–water partition coefficient (Wildman–Crippen LogP) is 3.39. The predicted molar refractivity (Wildman–Crippen MR) is 77.2 cm³/mol. The number of carbonyl (C=O) groups excluding carboxylic acids is 1. The molecule has 2 aromatic rings. The molecule has 100 valence electrons. The van der Waals surface area contributed by atoms with Crippen LogP contribution in [0.4, 0.5) is 5.69 Å². The van der Waals surface area contributed by atoms with Crippen LogP contribution in [0.1, 0.15) is 23.0 Å². The molecule has 0 bridgehead atoms. The molecule has 0 spiro atoms. The summed E-state index contributed by atoms with van der Waals surface area (Å²) in [6.45, 7) is 3.38. The molecular weight excluding hydrogens is 264 g/mol. The van der Waals surface area contributed by atoms with Crippen LogP contribution in [0.15, 0.2) is 36.5 Å². The smallest absolute Gasteiger partial charge is 0.178 e. The SMILES string of the molecule is CC(=O)c1cc(Oc2ccc(N)c(C)c2)ccn1.Cl. The van der Waals surface area contributed by atoms with Gasteiger partial charge in [-0.3, -0.25) is 9.78 Å². The highest BCUT2D eigenvalue weighted by Crippen LogP contribution is 2.24. The number of pyridine rings is 1. The normalized spacial score (nSPS) is 9.58. The zero-order valence-electron chi connectivity index (χ0n) is 10.7. The van der Waals surface area contributed by atoms with E-state index in [2.05, 4.69) is 4.98 Å². The first-order valence-corrected chi connectivity index (χ1v) is 5.57. The molecule has 0 saturated heterocycles. The highest BCUT2D eigenvalue weighted by atomic mass is 35.5. The molecule has 0 aliphatic rings. The Bertz CT molecular complexity index is 600. The number of nitrogens with two attached hydrogens (primary N) is 1. The number of ether oxygens (including phenoxy) is 1. The summed E-state index contributed by atoms with van der Waals surface area (Å²) in [7, 11) is 0. The average Bonchev–Trinajstić information content (AvgIpc) is 2.34. The molecule has 2 rings (SSSR count). The van der Waals surface area contributed by atoms with Crippen molar-refractivity contribution in [1.82, 2.24) is 4.98 Å². The van der Waals surface area contributed by atoms with Gasteiger partial charge in [-0.2, -0.15) is 0 Å². The zero-order chi connectivity index (χ0) is 13.1. The van der Waals surface area contributed by atoms with Crippen molar-refractivity contribution in [3.05, 3.63) is 47.8 Å². The van der Waals surface area contributed by atoms with Gasteiger partial charge < -0.3 is 10.5 Å². The molecule has 0 aliphatic heterocycles.